The van der Waals surface area contributed by atoms with Gasteiger partial charge in [0.25, 0.3) is 0 Å². The minimum absolute atomic E-state index is 0.00397. The highest BCUT2D eigenvalue weighted by Gasteiger charge is 2.42. The molecular formula is C33H42ClN7O5. The summed E-state index contributed by atoms with van der Waals surface area (Å²) < 4.78 is 5.65. The molecule has 4 rings (SSSR count). The molecule has 13 heteroatoms. The maximum Gasteiger partial charge on any atom is 0.246 e. The molecule has 1 aliphatic heterocycles. The fourth-order valence-electron chi connectivity index (χ4n) is 5.47. The van der Waals surface area contributed by atoms with Gasteiger partial charge in [0, 0.05) is 42.6 Å². The topological polar surface area (TPSA) is 155 Å². The molecule has 1 aromatic heterocycles. The Hall–Kier alpha value is -4.29. The van der Waals surface area contributed by atoms with Crippen LogP contribution in [-0.4, -0.2) is 77.2 Å². The van der Waals surface area contributed by atoms with Crippen molar-refractivity contribution in [2.75, 3.05) is 31.3 Å². The highest BCUT2D eigenvalue weighted by atomic mass is 35.5. The zero-order valence-corrected chi connectivity index (χ0v) is 28.0. The predicted octanol–water partition coefficient (Wildman–Crippen LogP) is 4.24. The molecule has 246 valence electrons. The number of ketones is 1. The molecule has 0 aliphatic carbocycles. The monoisotopic (exact) mass is 651 g/mol. The van der Waals surface area contributed by atoms with Crippen LogP contribution in [0.2, 0.25) is 5.02 Å². The number of likely N-dealkylation sites (N-methyl/N-ethyl adjacent to an activating group) is 1. The molecule has 0 spiro atoms. The number of fused-ring (bicyclic) bond motifs is 1. The number of likely N-dealkylation sites (tertiary alicyclic amines) is 1. The largest absolute Gasteiger partial charge is 0.496 e. The van der Waals surface area contributed by atoms with Gasteiger partial charge in [-0.05, 0) is 56.5 Å². The first kappa shape index (κ1) is 34.6. The summed E-state index contributed by atoms with van der Waals surface area (Å²) in [4.78, 5) is 62.5. The minimum Gasteiger partial charge on any atom is -0.496 e. The Morgan fingerprint density at radius 2 is 1.87 bits per heavy atom. The number of carbonyl (C=O) groups is 4. The summed E-state index contributed by atoms with van der Waals surface area (Å²) in [6.45, 7) is 9.25. The van der Waals surface area contributed by atoms with Gasteiger partial charge < -0.3 is 30.9 Å². The molecule has 4 N–H and O–H groups in total. The number of hydrogen-bond acceptors (Lipinski definition) is 9. The number of methoxy groups -OCH3 is 1. The van der Waals surface area contributed by atoms with Crippen LogP contribution in [0.25, 0.3) is 10.9 Å². The van der Waals surface area contributed by atoms with Crippen LogP contribution in [-0.2, 0) is 25.6 Å². The van der Waals surface area contributed by atoms with Crippen molar-refractivity contribution in [1.82, 2.24) is 25.5 Å². The molecular weight excluding hydrogens is 610 g/mol. The molecule has 0 bridgehead atoms. The highest BCUT2D eigenvalue weighted by molar-refractivity contribution is 6.33. The van der Waals surface area contributed by atoms with Crippen molar-refractivity contribution in [3.05, 3.63) is 47.2 Å². The fraction of sp³-hybridized carbons (Fsp3) is 0.455. The molecule has 0 saturated carbocycles. The summed E-state index contributed by atoms with van der Waals surface area (Å²) in [6.07, 6.45) is 2.61. The Morgan fingerprint density at radius 1 is 1.13 bits per heavy atom. The van der Waals surface area contributed by atoms with Gasteiger partial charge in [-0.2, -0.15) is 0 Å². The molecule has 2 aromatic carbocycles. The number of halogens is 1. The van der Waals surface area contributed by atoms with Crippen molar-refractivity contribution >= 4 is 63.2 Å². The van der Waals surface area contributed by atoms with Gasteiger partial charge in [0.2, 0.25) is 17.7 Å². The number of anilines is 3. The van der Waals surface area contributed by atoms with Crippen molar-refractivity contribution < 1.29 is 23.9 Å². The molecule has 3 atom stereocenters. The van der Waals surface area contributed by atoms with E-state index in [9.17, 15) is 19.2 Å². The molecule has 1 fully saturated rings. The highest BCUT2D eigenvalue weighted by Crippen LogP contribution is 2.34. The van der Waals surface area contributed by atoms with Crippen LogP contribution in [0.5, 0.6) is 5.75 Å². The van der Waals surface area contributed by atoms with Gasteiger partial charge in [0.05, 0.1) is 35.4 Å². The van der Waals surface area contributed by atoms with Crippen molar-refractivity contribution in [1.29, 1.82) is 0 Å². The number of Topliss-reactive ketones (excluding diaryl/α,β-unsaturated/α-hetero) is 1. The van der Waals surface area contributed by atoms with Crippen LogP contribution in [0.1, 0.15) is 53.0 Å². The normalized spacial score (nSPS) is 16.1. The standard InChI is InChI=1S/C33H42ClN7O5/c1-18(35-6)31(44)40-29(33(3,4)5)32(45)41-12-8-9-26(41)27(43)14-20-13-22-24(16-28(20)46-7)36-17-37-30(22)39-25-15-21(38-19(2)42)10-11-23(25)34/h10-11,13,15-18,26,29,35H,8-9,12,14H2,1-7H3,(H,38,42)(H,40,44)(H,36,37,39)/t18-,26-,29+/m0/s1. The molecule has 1 aliphatic rings. The van der Waals surface area contributed by atoms with Crippen molar-refractivity contribution in [3.8, 4) is 5.75 Å². The fourth-order valence-corrected chi connectivity index (χ4v) is 5.63. The quantitative estimate of drug-likeness (QED) is 0.238. The predicted molar refractivity (Wildman–Crippen MR) is 178 cm³/mol. The van der Waals surface area contributed by atoms with Crippen LogP contribution < -0.4 is 26.0 Å². The summed E-state index contributed by atoms with van der Waals surface area (Å²) >= 11 is 6.45. The lowest BCUT2D eigenvalue weighted by Gasteiger charge is -2.36. The van der Waals surface area contributed by atoms with Gasteiger partial charge in [0.1, 0.15) is 23.9 Å². The number of amides is 3. The first-order chi connectivity index (χ1) is 21.7. The van der Waals surface area contributed by atoms with Crippen molar-refractivity contribution in [3.63, 3.8) is 0 Å². The van der Waals surface area contributed by atoms with E-state index in [1.54, 1.807) is 49.2 Å². The summed E-state index contributed by atoms with van der Waals surface area (Å²) in [6, 6.07) is 6.68. The third-order valence-electron chi connectivity index (χ3n) is 8.08. The molecule has 0 unspecified atom stereocenters. The average molecular weight is 652 g/mol. The van der Waals surface area contributed by atoms with Crippen LogP contribution in [0.3, 0.4) is 0 Å². The zero-order chi connectivity index (χ0) is 33.8. The second kappa shape index (κ2) is 14.4. The van der Waals surface area contributed by atoms with E-state index in [1.807, 2.05) is 20.8 Å². The van der Waals surface area contributed by atoms with E-state index in [-0.39, 0.29) is 29.9 Å². The Bertz CT molecular complexity index is 1640. The van der Waals surface area contributed by atoms with E-state index in [4.69, 9.17) is 16.3 Å². The van der Waals surface area contributed by atoms with Gasteiger partial charge in [-0.3, -0.25) is 19.2 Å². The summed E-state index contributed by atoms with van der Waals surface area (Å²) in [5.74, 6) is 0.0147. The number of aromatic nitrogens is 2. The summed E-state index contributed by atoms with van der Waals surface area (Å²) in [5.41, 5.74) is 1.69. The Labute approximate surface area is 274 Å². The summed E-state index contributed by atoms with van der Waals surface area (Å²) in [7, 11) is 3.21. The van der Waals surface area contributed by atoms with Gasteiger partial charge in [-0.25, -0.2) is 9.97 Å². The lowest BCUT2D eigenvalue weighted by molar-refractivity contribution is -0.143. The molecule has 3 amide bonds. The van der Waals surface area contributed by atoms with Gasteiger partial charge >= 0.3 is 0 Å². The maximum absolute atomic E-state index is 13.9. The first-order valence-corrected chi connectivity index (χ1v) is 15.6. The zero-order valence-electron chi connectivity index (χ0n) is 27.3. The Morgan fingerprint density at radius 3 is 2.52 bits per heavy atom. The SMILES string of the molecule is CN[C@@H](C)C(=O)N[C@H](C(=O)N1CCC[C@H]1C(=O)Cc1cc2c(Nc3cc(NC(C)=O)ccc3Cl)ncnc2cc1OC)C(C)(C)C. The molecule has 2 heterocycles. The second-order valence-corrected chi connectivity index (χ2v) is 13.0. The van der Waals surface area contributed by atoms with E-state index in [0.29, 0.717) is 63.8 Å². The third-order valence-corrected chi connectivity index (χ3v) is 8.40. The van der Waals surface area contributed by atoms with Crippen LogP contribution >= 0.6 is 11.6 Å². The number of rotatable bonds is 11. The van der Waals surface area contributed by atoms with Gasteiger partial charge in [0.15, 0.2) is 5.78 Å². The number of nitrogens with one attached hydrogen (secondary N) is 4. The number of hydrogen-bond donors (Lipinski definition) is 4. The Kier molecular flexibility index (Phi) is 10.8. The van der Waals surface area contributed by atoms with E-state index < -0.39 is 23.5 Å². The molecule has 1 saturated heterocycles. The van der Waals surface area contributed by atoms with Gasteiger partial charge in [-0.15, -0.1) is 0 Å². The van der Waals surface area contributed by atoms with E-state index in [1.165, 1.54) is 20.4 Å². The minimum atomic E-state index is -0.804. The summed E-state index contributed by atoms with van der Waals surface area (Å²) in [5, 5.41) is 12.8. The molecule has 0 radical (unpaired) electrons. The molecule has 46 heavy (non-hydrogen) atoms. The number of nitrogens with zero attached hydrogens (tertiary/aromatic N) is 3. The van der Waals surface area contributed by atoms with Gasteiger partial charge in [-0.1, -0.05) is 32.4 Å². The first-order valence-electron chi connectivity index (χ1n) is 15.2. The van der Waals surface area contributed by atoms with E-state index in [0.717, 1.165) is 0 Å². The molecule has 3 aromatic rings. The van der Waals surface area contributed by atoms with Crippen molar-refractivity contribution in [2.45, 2.75) is 72.0 Å². The number of benzene rings is 2. The van der Waals surface area contributed by atoms with E-state index in [2.05, 4.69) is 31.2 Å². The lowest BCUT2D eigenvalue weighted by Crippen LogP contribution is -2.58. The second-order valence-electron chi connectivity index (χ2n) is 12.6. The van der Waals surface area contributed by atoms with Crippen LogP contribution in [0.15, 0.2) is 36.7 Å². The van der Waals surface area contributed by atoms with Crippen molar-refractivity contribution in [2.24, 2.45) is 5.41 Å². The van der Waals surface area contributed by atoms with E-state index >= 15 is 0 Å². The third kappa shape index (κ3) is 7.91. The smallest absolute Gasteiger partial charge is 0.246 e. The molecule has 12 nitrogen and oxygen atoms in total. The number of carbonyl (C=O) groups excluding carboxylic acids is 4. The Balaban J connectivity index is 1.62. The van der Waals surface area contributed by atoms with Crippen LogP contribution in [0, 0.1) is 5.41 Å². The lowest BCUT2D eigenvalue weighted by atomic mass is 9.85. The maximum atomic E-state index is 13.9. The average Bonchev–Trinajstić information content (AvgIpc) is 3.50. The van der Waals surface area contributed by atoms with Crippen LogP contribution in [0.4, 0.5) is 17.2 Å². The number of ether oxygens (including phenoxy) is 1.